The van der Waals surface area contributed by atoms with Gasteiger partial charge in [-0.15, -0.1) is 0 Å². The van der Waals surface area contributed by atoms with Crippen LogP contribution in [0.1, 0.15) is 0 Å². The van der Waals surface area contributed by atoms with Gasteiger partial charge in [-0.05, 0) is 18.2 Å². The van der Waals surface area contributed by atoms with Gasteiger partial charge in [0.25, 0.3) is 0 Å². The summed E-state index contributed by atoms with van der Waals surface area (Å²) >= 11 is 0. The lowest BCUT2D eigenvalue weighted by molar-refractivity contribution is -0.432. The van der Waals surface area contributed by atoms with Crippen LogP contribution in [0.25, 0.3) is 0 Å². The van der Waals surface area contributed by atoms with Crippen molar-refractivity contribution in [1.82, 2.24) is 0 Å². The van der Waals surface area contributed by atoms with Crippen LogP contribution in [0.2, 0.25) is 0 Å². The van der Waals surface area contributed by atoms with E-state index in [0.717, 1.165) is 12.1 Å². The zero-order valence-electron chi connectivity index (χ0n) is 9.12. The Kier molecular flexibility index (Phi) is 3.90. The number of benzene rings is 1. The van der Waals surface area contributed by atoms with Crippen LogP contribution in [0.3, 0.4) is 0 Å². The van der Waals surface area contributed by atoms with Gasteiger partial charge in [0.15, 0.2) is 0 Å². The summed E-state index contributed by atoms with van der Waals surface area (Å²) in [5.41, 5.74) is -6.84. The third-order valence-electron chi connectivity index (χ3n) is 2.12. The Morgan fingerprint density at radius 3 is 1.50 bits per heavy atom. The normalized spacial score (nSPS) is 14.2. The second kappa shape index (κ2) is 4.74. The zero-order valence-corrected chi connectivity index (χ0v) is 9.12. The van der Waals surface area contributed by atoms with E-state index < -0.39 is 29.9 Å². The molecule has 0 fully saturated rings. The Labute approximate surface area is 105 Å². The first-order chi connectivity index (χ1) is 8.83. The standard InChI is InChI=1S/C10H4F9O/c11-7(8(12,13)14,9(15,16)17)10(18,19)20-6-4-2-1-3-5-6/h2-5H. The van der Waals surface area contributed by atoms with Crippen LogP contribution in [0.15, 0.2) is 24.3 Å². The quantitative estimate of drug-likeness (QED) is 0.757. The summed E-state index contributed by atoms with van der Waals surface area (Å²) in [6.07, 6.45) is -20.0. The third-order valence-corrected chi connectivity index (χ3v) is 2.12. The molecule has 0 atom stereocenters. The molecule has 1 radical (unpaired) electrons. The predicted molar refractivity (Wildman–Crippen MR) is 46.8 cm³/mol. The van der Waals surface area contributed by atoms with Gasteiger partial charge >= 0.3 is 24.1 Å². The number of hydrogen-bond donors (Lipinski definition) is 0. The van der Waals surface area contributed by atoms with Crippen LogP contribution in [0, 0.1) is 6.07 Å². The molecule has 0 bridgehead atoms. The van der Waals surface area contributed by atoms with E-state index in [1.807, 2.05) is 0 Å². The van der Waals surface area contributed by atoms with Crippen LogP contribution in [0.4, 0.5) is 39.5 Å². The Morgan fingerprint density at radius 1 is 0.750 bits per heavy atom. The van der Waals surface area contributed by atoms with Gasteiger partial charge in [-0.3, -0.25) is 0 Å². The SMILES string of the molecule is FC(F)(F)C(F)(C(F)(F)F)C(F)(F)Oc1cc[c]cc1. The van der Waals surface area contributed by atoms with Crippen molar-refractivity contribution in [3.05, 3.63) is 30.3 Å². The maximum absolute atomic E-state index is 13.1. The predicted octanol–water partition coefficient (Wildman–Crippen LogP) is 4.29. The van der Waals surface area contributed by atoms with Gasteiger partial charge in [0.05, 0.1) is 0 Å². The van der Waals surface area contributed by atoms with Gasteiger partial charge in [-0.25, -0.2) is 4.39 Å². The lowest BCUT2D eigenvalue weighted by Crippen LogP contribution is -2.66. The number of alkyl halides is 9. The first-order valence-corrected chi connectivity index (χ1v) is 4.68. The van der Waals surface area contributed by atoms with Gasteiger partial charge in [0.1, 0.15) is 5.75 Å². The van der Waals surface area contributed by atoms with Gasteiger partial charge in [0.2, 0.25) is 0 Å². The van der Waals surface area contributed by atoms with Crippen molar-refractivity contribution in [3.8, 4) is 5.75 Å². The largest absolute Gasteiger partial charge is 0.451 e. The second-order valence-electron chi connectivity index (χ2n) is 3.51. The van der Waals surface area contributed by atoms with E-state index in [1.165, 1.54) is 0 Å². The van der Waals surface area contributed by atoms with Crippen LogP contribution in [-0.2, 0) is 0 Å². The summed E-state index contributed by atoms with van der Waals surface area (Å²) in [7, 11) is 0. The molecular weight excluding hydrogens is 307 g/mol. The van der Waals surface area contributed by atoms with Crippen molar-refractivity contribution in [2.75, 3.05) is 0 Å². The molecule has 1 nitrogen and oxygen atoms in total. The maximum atomic E-state index is 13.1. The zero-order chi connectivity index (χ0) is 15.8. The highest BCUT2D eigenvalue weighted by atomic mass is 19.4. The van der Waals surface area contributed by atoms with E-state index in [2.05, 4.69) is 10.8 Å². The fraction of sp³-hybridized carbons (Fsp3) is 0.400. The van der Waals surface area contributed by atoms with Crippen LogP contribution < -0.4 is 4.74 Å². The van der Waals surface area contributed by atoms with Gasteiger partial charge in [-0.2, -0.15) is 35.1 Å². The highest BCUT2D eigenvalue weighted by Crippen LogP contribution is 2.54. The van der Waals surface area contributed by atoms with E-state index in [0.29, 0.717) is 12.1 Å². The van der Waals surface area contributed by atoms with Crippen LogP contribution in [-0.4, -0.2) is 24.1 Å². The molecule has 0 aliphatic heterocycles. The summed E-state index contributed by atoms with van der Waals surface area (Å²) in [5.74, 6) is -1.08. The summed E-state index contributed by atoms with van der Waals surface area (Å²) in [6, 6.07) is 5.21. The molecular formula is C10H4F9O. The minimum atomic E-state index is -6.92. The molecule has 1 aromatic rings. The topological polar surface area (TPSA) is 9.23 Å². The maximum Gasteiger partial charge on any atom is 0.451 e. The number of halogens is 9. The molecule has 0 heterocycles. The molecule has 113 valence electrons. The Hall–Kier alpha value is -1.61. The van der Waals surface area contributed by atoms with Crippen LogP contribution >= 0.6 is 0 Å². The van der Waals surface area contributed by atoms with Crippen LogP contribution in [0.5, 0.6) is 5.75 Å². The Balaban J connectivity index is 3.27. The molecule has 0 saturated carbocycles. The molecule has 20 heavy (non-hydrogen) atoms. The monoisotopic (exact) mass is 311 g/mol. The van der Waals surface area contributed by atoms with Crippen molar-refractivity contribution in [2.24, 2.45) is 0 Å². The van der Waals surface area contributed by atoms with Crippen molar-refractivity contribution < 1.29 is 44.3 Å². The number of ether oxygens (including phenoxy) is 1. The van der Waals surface area contributed by atoms with E-state index >= 15 is 0 Å². The lowest BCUT2D eigenvalue weighted by Gasteiger charge is -2.35. The van der Waals surface area contributed by atoms with Crippen molar-refractivity contribution in [2.45, 2.75) is 24.1 Å². The molecule has 10 heteroatoms. The Morgan fingerprint density at radius 2 is 1.15 bits per heavy atom. The van der Waals surface area contributed by atoms with Crippen molar-refractivity contribution >= 4 is 0 Å². The summed E-state index contributed by atoms with van der Waals surface area (Å²) in [4.78, 5) is 0. The fourth-order valence-corrected chi connectivity index (χ4v) is 1.15. The molecule has 0 saturated heterocycles. The molecule has 0 aromatic heterocycles. The van der Waals surface area contributed by atoms with E-state index in [4.69, 9.17) is 0 Å². The molecule has 0 aliphatic carbocycles. The van der Waals surface area contributed by atoms with E-state index in [-0.39, 0.29) is 0 Å². The first kappa shape index (κ1) is 16.4. The summed E-state index contributed by atoms with van der Waals surface area (Å²) in [6.45, 7) is 0. The summed E-state index contributed by atoms with van der Waals surface area (Å²) < 4.78 is 115. The van der Waals surface area contributed by atoms with E-state index in [1.54, 1.807) is 0 Å². The molecule has 0 aliphatic rings. The molecule has 1 aromatic carbocycles. The lowest BCUT2D eigenvalue weighted by atomic mass is 10.0. The minimum Gasteiger partial charge on any atom is -0.430 e. The van der Waals surface area contributed by atoms with Gasteiger partial charge in [0, 0.05) is 0 Å². The second-order valence-corrected chi connectivity index (χ2v) is 3.51. The summed E-state index contributed by atoms with van der Waals surface area (Å²) in [5, 5.41) is 0. The molecule has 0 amide bonds. The highest BCUT2D eigenvalue weighted by Gasteiger charge is 2.86. The molecule has 1 rings (SSSR count). The average molecular weight is 311 g/mol. The van der Waals surface area contributed by atoms with Gasteiger partial charge in [-0.1, -0.05) is 12.1 Å². The van der Waals surface area contributed by atoms with E-state index in [9.17, 15) is 39.5 Å². The molecule has 0 N–H and O–H groups in total. The highest BCUT2D eigenvalue weighted by molar-refractivity contribution is 5.22. The number of hydrogen-bond acceptors (Lipinski definition) is 1. The molecule has 0 spiro atoms. The fourth-order valence-electron chi connectivity index (χ4n) is 1.15. The minimum absolute atomic E-state index is 0.598. The first-order valence-electron chi connectivity index (χ1n) is 4.68. The third kappa shape index (κ3) is 2.63. The number of rotatable bonds is 3. The van der Waals surface area contributed by atoms with Gasteiger partial charge < -0.3 is 4.74 Å². The van der Waals surface area contributed by atoms with Crippen molar-refractivity contribution in [3.63, 3.8) is 0 Å². The smallest absolute Gasteiger partial charge is 0.430 e. The average Bonchev–Trinajstić information content (AvgIpc) is 2.25. The Bertz CT molecular complexity index is 434. The van der Waals surface area contributed by atoms with Crippen molar-refractivity contribution in [1.29, 1.82) is 0 Å². The molecule has 0 unspecified atom stereocenters.